The van der Waals surface area contributed by atoms with E-state index >= 15 is 0 Å². The Balaban J connectivity index is 2.37. The topological polar surface area (TPSA) is 78.4 Å². The van der Waals surface area contributed by atoms with Crippen LogP contribution in [0, 0.1) is 0 Å². The lowest BCUT2D eigenvalue weighted by atomic mass is 10.1. The van der Waals surface area contributed by atoms with Gasteiger partial charge in [0.05, 0.1) is 5.56 Å². The molecule has 0 aliphatic rings. The van der Waals surface area contributed by atoms with Gasteiger partial charge in [-0.2, -0.15) is 0 Å². The molecule has 3 N–H and O–H groups in total. The average Bonchev–Trinajstić information content (AvgIpc) is 2.47. The number of carboxylic acids is 1. The Kier molecular flexibility index (Phi) is 7.29. The minimum absolute atomic E-state index is 0.162. The van der Waals surface area contributed by atoms with Gasteiger partial charge in [-0.3, -0.25) is 0 Å². The summed E-state index contributed by atoms with van der Waals surface area (Å²) in [5.74, 6) is -0.937. The van der Waals surface area contributed by atoms with E-state index < -0.39 is 5.97 Å². The van der Waals surface area contributed by atoms with E-state index in [2.05, 4.69) is 24.5 Å². The smallest absolute Gasteiger partial charge is 0.335 e. The zero-order valence-corrected chi connectivity index (χ0v) is 12.7. The molecule has 0 aromatic heterocycles. The predicted octanol–water partition coefficient (Wildman–Crippen LogP) is 2.81. The molecule has 0 fully saturated rings. The first-order valence-electron chi connectivity index (χ1n) is 7.43. The fourth-order valence-electron chi connectivity index (χ4n) is 2.14. The molecule has 0 heterocycles. The highest BCUT2D eigenvalue weighted by Gasteiger charge is 2.08. The van der Waals surface area contributed by atoms with E-state index in [0.717, 1.165) is 24.8 Å². The molecule has 1 rings (SSSR count). The summed E-state index contributed by atoms with van der Waals surface area (Å²) in [7, 11) is 0. The molecular formula is C16H24N2O3. The summed E-state index contributed by atoms with van der Waals surface area (Å²) in [6.07, 6.45) is 3.55. The van der Waals surface area contributed by atoms with Crippen molar-refractivity contribution < 1.29 is 14.7 Å². The molecule has 21 heavy (non-hydrogen) atoms. The van der Waals surface area contributed by atoms with E-state index in [1.54, 1.807) is 18.2 Å². The van der Waals surface area contributed by atoms with Crippen LogP contribution in [0.3, 0.4) is 0 Å². The van der Waals surface area contributed by atoms with Gasteiger partial charge in [0.1, 0.15) is 0 Å². The Morgan fingerprint density at radius 3 is 2.67 bits per heavy atom. The molecule has 0 spiro atoms. The third kappa shape index (κ3) is 6.29. The highest BCUT2D eigenvalue weighted by molar-refractivity contribution is 5.87. The Bertz CT molecular complexity index is 474. The first kappa shape index (κ1) is 17.0. The van der Waals surface area contributed by atoms with Crippen LogP contribution < -0.4 is 10.6 Å². The van der Waals surface area contributed by atoms with Gasteiger partial charge in [-0.1, -0.05) is 32.4 Å². The summed E-state index contributed by atoms with van der Waals surface area (Å²) in [5, 5.41) is 14.7. The quantitative estimate of drug-likeness (QED) is 0.689. The maximum atomic E-state index is 11.7. The lowest BCUT2D eigenvalue weighted by Crippen LogP contribution is -2.42. The summed E-state index contributed by atoms with van der Waals surface area (Å²) in [6.45, 7) is 4.63. The fourth-order valence-corrected chi connectivity index (χ4v) is 2.14. The highest BCUT2D eigenvalue weighted by atomic mass is 16.4. The van der Waals surface area contributed by atoms with Gasteiger partial charge in [-0.15, -0.1) is 0 Å². The van der Waals surface area contributed by atoms with Gasteiger partial charge in [0.15, 0.2) is 0 Å². The molecule has 0 radical (unpaired) electrons. The summed E-state index contributed by atoms with van der Waals surface area (Å²) < 4.78 is 0. The molecule has 1 atom stereocenters. The van der Waals surface area contributed by atoms with Gasteiger partial charge in [0.25, 0.3) is 0 Å². The van der Waals surface area contributed by atoms with Crippen molar-refractivity contribution in [2.24, 2.45) is 0 Å². The molecule has 0 bridgehead atoms. The SMILES string of the molecule is CCCC(CC)NC(=O)NCCc1cccc(C(=O)O)c1. The van der Waals surface area contributed by atoms with E-state index in [1.807, 2.05) is 6.07 Å². The van der Waals surface area contributed by atoms with Crippen LogP contribution in [0.25, 0.3) is 0 Å². The number of amides is 2. The number of carbonyl (C=O) groups excluding carboxylic acids is 1. The fraction of sp³-hybridized carbons (Fsp3) is 0.500. The third-order valence-corrected chi connectivity index (χ3v) is 3.34. The largest absolute Gasteiger partial charge is 0.478 e. The van der Waals surface area contributed by atoms with Crippen LogP contribution >= 0.6 is 0 Å². The van der Waals surface area contributed by atoms with E-state index in [9.17, 15) is 9.59 Å². The molecule has 1 aromatic carbocycles. The van der Waals surface area contributed by atoms with Crippen LogP contribution in [0.1, 0.15) is 49.0 Å². The number of rotatable bonds is 8. The number of hydrogen-bond donors (Lipinski definition) is 3. The molecule has 1 aromatic rings. The van der Waals surface area contributed by atoms with Gasteiger partial charge in [-0.25, -0.2) is 9.59 Å². The molecule has 1 unspecified atom stereocenters. The monoisotopic (exact) mass is 292 g/mol. The van der Waals surface area contributed by atoms with Crippen molar-refractivity contribution in [3.63, 3.8) is 0 Å². The van der Waals surface area contributed by atoms with Crippen molar-refractivity contribution in [3.8, 4) is 0 Å². The van der Waals surface area contributed by atoms with E-state index in [1.165, 1.54) is 0 Å². The van der Waals surface area contributed by atoms with E-state index in [-0.39, 0.29) is 17.6 Å². The Morgan fingerprint density at radius 1 is 1.29 bits per heavy atom. The van der Waals surface area contributed by atoms with E-state index in [0.29, 0.717) is 13.0 Å². The van der Waals surface area contributed by atoms with Crippen LogP contribution in [0.4, 0.5) is 4.79 Å². The van der Waals surface area contributed by atoms with Crippen LogP contribution in [0.2, 0.25) is 0 Å². The van der Waals surface area contributed by atoms with Crippen molar-refractivity contribution in [1.29, 1.82) is 0 Å². The maximum Gasteiger partial charge on any atom is 0.335 e. The molecule has 2 amide bonds. The Morgan fingerprint density at radius 2 is 2.05 bits per heavy atom. The van der Waals surface area contributed by atoms with Crippen molar-refractivity contribution in [1.82, 2.24) is 10.6 Å². The van der Waals surface area contributed by atoms with Gasteiger partial charge in [0, 0.05) is 12.6 Å². The van der Waals surface area contributed by atoms with Crippen LogP contribution in [0.5, 0.6) is 0 Å². The number of nitrogens with one attached hydrogen (secondary N) is 2. The number of urea groups is 1. The standard InChI is InChI=1S/C16H24N2O3/c1-3-6-14(4-2)18-16(21)17-10-9-12-7-5-8-13(11-12)15(19)20/h5,7-8,11,14H,3-4,6,9-10H2,1-2H3,(H,19,20)(H2,17,18,21). The first-order chi connectivity index (χ1) is 10.1. The van der Waals surface area contributed by atoms with Crippen LogP contribution in [0.15, 0.2) is 24.3 Å². The number of hydrogen-bond acceptors (Lipinski definition) is 2. The van der Waals surface area contributed by atoms with E-state index in [4.69, 9.17) is 5.11 Å². The Labute approximate surface area is 125 Å². The van der Waals surface area contributed by atoms with Gasteiger partial charge < -0.3 is 15.7 Å². The lowest BCUT2D eigenvalue weighted by molar-refractivity contribution is 0.0696. The predicted molar refractivity (Wildman–Crippen MR) is 82.6 cm³/mol. The number of aromatic carboxylic acids is 1. The van der Waals surface area contributed by atoms with Crippen molar-refractivity contribution in [2.45, 2.75) is 45.6 Å². The zero-order chi connectivity index (χ0) is 15.7. The zero-order valence-electron chi connectivity index (χ0n) is 12.7. The van der Waals surface area contributed by atoms with Gasteiger partial charge >= 0.3 is 12.0 Å². The number of benzene rings is 1. The highest BCUT2D eigenvalue weighted by Crippen LogP contribution is 2.05. The number of carboxylic acid groups (broad SMARTS) is 1. The molecule has 0 aliphatic carbocycles. The van der Waals surface area contributed by atoms with Crippen molar-refractivity contribution in [3.05, 3.63) is 35.4 Å². The van der Waals surface area contributed by atoms with Gasteiger partial charge in [-0.05, 0) is 37.0 Å². The normalized spacial score (nSPS) is 11.7. The first-order valence-corrected chi connectivity index (χ1v) is 7.43. The molecule has 0 saturated heterocycles. The summed E-state index contributed by atoms with van der Waals surface area (Å²) >= 11 is 0. The van der Waals surface area contributed by atoms with Crippen LogP contribution in [-0.4, -0.2) is 29.7 Å². The summed E-state index contributed by atoms with van der Waals surface area (Å²) in [4.78, 5) is 22.6. The summed E-state index contributed by atoms with van der Waals surface area (Å²) in [5.41, 5.74) is 1.17. The molecule has 5 nitrogen and oxygen atoms in total. The number of carbonyl (C=O) groups is 2. The minimum atomic E-state index is -0.937. The molecule has 116 valence electrons. The van der Waals surface area contributed by atoms with Crippen molar-refractivity contribution in [2.75, 3.05) is 6.54 Å². The molecule has 0 saturated carbocycles. The van der Waals surface area contributed by atoms with Crippen molar-refractivity contribution >= 4 is 12.0 Å². The third-order valence-electron chi connectivity index (χ3n) is 3.34. The maximum absolute atomic E-state index is 11.7. The summed E-state index contributed by atoms with van der Waals surface area (Å²) in [6, 6.07) is 6.82. The van der Waals surface area contributed by atoms with Gasteiger partial charge in [0.2, 0.25) is 0 Å². The second-order valence-corrected chi connectivity index (χ2v) is 5.05. The average molecular weight is 292 g/mol. The molecular weight excluding hydrogens is 268 g/mol. The van der Waals surface area contributed by atoms with Crippen LogP contribution in [-0.2, 0) is 6.42 Å². The second kappa shape index (κ2) is 9.00. The molecule has 0 aliphatic heterocycles. The lowest BCUT2D eigenvalue weighted by Gasteiger charge is -2.16. The Hall–Kier alpha value is -2.04. The molecule has 5 heteroatoms. The minimum Gasteiger partial charge on any atom is -0.478 e. The second-order valence-electron chi connectivity index (χ2n) is 5.05.